The highest BCUT2D eigenvalue weighted by atomic mass is 32.2. The lowest BCUT2D eigenvalue weighted by molar-refractivity contribution is 0.175. The number of thioether (sulfide) groups is 1. The Labute approximate surface area is 112 Å². The molecule has 2 aromatic rings. The molecule has 0 saturated heterocycles. The summed E-state index contributed by atoms with van der Waals surface area (Å²) in [6.45, 7) is 0. The Morgan fingerprint density at radius 2 is 1.56 bits per heavy atom. The fraction of sp³-hybridized carbons (Fsp3) is 0.200. The summed E-state index contributed by atoms with van der Waals surface area (Å²) in [5.41, 5.74) is 1.18. The molecule has 2 aromatic carbocycles. The molecule has 1 atom stereocenters. The molecule has 94 valence electrons. The van der Waals surface area contributed by atoms with Crippen molar-refractivity contribution in [3.8, 4) is 5.75 Å². The molecular formula is C15H16O2S. The molecule has 0 N–H and O–H groups in total. The molecule has 0 amide bonds. The van der Waals surface area contributed by atoms with Gasteiger partial charge in [-0.05, 0) is 29.8 Å². The van der Waals surface area contributed by atoms with Gasteiger partial charge in [-0.25, -0.2) is 0 Å². The predicted octanol–water partition coefficient (Wildman–Crippen LogP) is 4.13. The highest BCUT2D eigenvalue weighted by Crippen LogP contribution is 2.36. The molecular weight excluding hydrogens is 244 g/mol. The normalized spacial score (nSPS) is 12.1. The molecule has 2 nitrogen and oxygen atoms in total. The van der Waals surface area contributed by atoms with Gasteiger partial charge in [0.15, 0.2) is 0 Å². The Balaban J connectivity index is 2.10. The van der Waals surface area contributed by atoms with Crippen molar-refractivity contribution in [1.82, 2.24) is 0 Å². The van der Waals surface area contributed by atoms with Crippen molar-refractivity contribution >= 4 is 11.8 Å². The maximum atomic E-state index is 5.53. The van der Waals surface area contributed by atoms with Crippen LogP contribution in [-0.2, 0) is 4.74 Å². The van der Waals surface area contributed by atoms with E-state index in [1.165, 1.54) is 5.56 Å². The Kier molecular flexibility index (Phi) is 4.67. The number of hydrogen-bond donors (Lipinski definition) is 0. The third-order valence-electron chi connectivity index (χ3n) is 2.59. The molecule has 0 radical (unpaired) electrons. The summed E-state index contributed by atoms with van der Waals surface area (Å²) in [5.74, 6) is 0.869. The van der Waals surface area contributed by atoms with E-state index in [1.807, 2.05) is 42.5 Å². The first-order valence-corrected chi connectivity index (χ1v) is 6.60. The average molecular weight is 260 g/mol. The van der Waals surface area contributed by atoms with Crippen LogP contribution in [0.5, 0.6) is 5.75 Å². The second-order valence-electron chi connectivity index (χ2n) is 3.77. The number of methoxy groups -OCH3 is 2. The summed E-state index contributed by atoms with van der Waals surface area (Å²) in [7, 11) is 3.40. The maximum absolute atomic E-state index is 5.53. The number of ether oxygens (including phenoxy) is 2. The first-order chi connectivity index (χ1) is 8.83. The van der Waals surface area contributed by atoms with Gasteiger partial charge in [0.25, 0.3) is 0 Å². The first-order valence-electron chi connectivity index (χ1n) is 5.72. The topological polar surface area (TPSA) is 18.5 Å². The standard InChI is InChI=1S/C15H16O2S/c1-16-13-8-10-14(11-9-13)18-15(17-2)12-6-4-3-5-7-12/h3-11,15H,1-2H3. The molecule has 0 aliphatic heterocycles. The molecule has 3 heteroatoms. The van der Waals surface area contributed by atoms with Crippen molar-refractivity contribution in [2.45, 2.75) is 10.3 Å². The van der Waals surface area contributed by atoms with Gasteiger partial charge in [-0.3, -0.25) is 0 Å². The molecule has 0 aromatic heterocycles. The second kappa shape index (κ2) is 6.47. The second-order valence-corrected chi connectivity index (χ2v) is 4.91. The largest absolute Gasteiger partial charge is 0.497 e. The van der Waals surface area contributed by atoms with E-state index in [9.17, 15) is 0 Å². The van der Waals surface area contributed by atoms with Crippen molar-refractivity contribution < 1.29 is 9.47 Å². The minimum atomic E-state index is 0.0135. The summed E-state index contributed by atoms with van der Waals surface area (Å²) in [5, 5.41) is 0. The van der Waals surface area contributed by atoms with E-state index in [0.717, 1.165) is 10.6 Å². The minimum Gasteiger partial charge on any atom is -0.497 e. The molecule has 0 aliphatic carbocycles. The van der Waals surface area contributed by atoms with E-state index in [0.29, 0.717) is 0 Å². The fourth-order valence-corrected chi connectivity index (χ4v) is 2.57. The molecule has 18 heavy (non-hydrogen) atoms. The molecule has 2 rings (SSSR count). The van der Waals surface area contributed by atoms with Gasteiger partial charge in [0, 0.05) is 12.0 Å². The Bertz CT molecular complexity index is 468. The van der Waals surface area contributed by atoms with Crippen molar-refractivity contribution in [3.05, 3.63) is 60.2 Å². The molecule has 0 saturated carbocycles. The molecule has 0 aliphatic rings. The molecule has 0 spiro atoms. The van der Waals surface area contributed by atoms with Crippen LogP contribution in [0.4, 0.5) is 0 Å². The van der Waals surface area contributed by atoms with Crippen LogP contribution in [0.25, 0.3) is 0 Å². The summed E-state index contributed by atoms with van der Waals surface area (Å²) in [6.07, 6.45) is 0. The van der Waals surface area contributed by atoms with E-state index < -0.39 is 0 Å². The van der Waals surface area contributed by atoms with Gasteiger partial charge in [0.1, 0.15) is 11.2 Å². The Hall–Kier alpha value is -1.45. The van der Waals surface area contributed by atoms with Crippen molar-refractivity contribution in [1.29, 1.82) is 0 Å². The third kappa shape index (κ3) is 3.28. The van der Waals surface area contributed by atoms with E-state index >= 15 is 0 Å². The lowest BCUT2D eigenvalue weighted by Crippen LogP contribution is -1.96. The number of benzene rings is 2. The van der Waals surface area contributed by atoms with Gasteiger partial charge in [-0.15, -0.1) is 0 Å². The smallest absolute Gasteiger partial charge is 0.132 e. The third-order valence-corrected chi connectivity index (χ3v) is 3.81. The lowest BCUT2D eigenvalue weighted by Gasteiger charge is -2.15. The van der Waals surface area contributed by atoms with Crippen LogP contribution in [0, 0.1) is 0 Å². The van der Waals surface area contributed by atoms with E-state index in [1.54, 1.807) is 26.0 Å². The van der Waals surface area contributed by atoms with Crippen LogP contribution in [0.15, 0.2) is 59.5 Å². The van der Waals surface area contributed by atoms with Gasteiger partial charge in [-0.2, -0.15) is 0 Å². The monoisotopic (exact) mass is 260 g/mol. The van der Waals surface area contributed by atoms with Gasteiger partial charge in [0.05, 0.1) is 7.11 Å². The summed E-state index contributed by atoms with van der Waals surface area (Å²) < 4.78 is 10.7. The highest BCUT2D eigenvalue weighted by molar-refractivity contribution is 7.99. The zero-order chi connectivity index (χ0) is 12.8. The number of hydrogen-bond acceptors (Lipinski definition) is 3. The molecule has 0 heterocycles. The van der Waals surface area contributed by atoms with E-state index in [4.69, 9.17) is 9.47 Å². The Morgan fingerprint density at radius 1 is 0.889 bits per heavy atom. The molecule has 0 fully saturated rings. The zero-order valence-corrected chi connectivity index (χ0v) is 11.3. The van der Waals surface area contributed by atoms with E-state index in [2.05, 4.69) is 12.1 Å². The molecule has 0 bridgehead atoms. The van der Waals surface area contributed by atoms with Crippen LogP contribution in [-0.4, -0.2) is 14.2 Å². The highest BCUT2D eigenvalue weighted by Gasteiger charge is 2.11. The SMILES string of the molecule is COc1ccc(SC(OC)c2ccccc2)cc1. The average Bonchev–Trinajstić information content (AvgIpc) is 2.46. The van der Waals surface area contributed by atoms with Crippen LogP contribution >= 0.6 is 11.8 Å². The van der Waals surface area contributed by atoms with Gasteiger partial charge in [0.2, 0.25) is 0 Å². The summed E-state index contributed by atoms with van der Waals surface area (Å²) in [6, 6.07) is 18.2. The molecule has 1 unspecified atom stereocenters. The van der Waals surface area contributed by atoms with Crippen LogP contribution in [0.1, 0.15) is 11.0 Å². The number of rotatable bonds is 5. The summed E-state index contributed by atoms with van der Waals surface area (Å²) in [4.78, 5) is 1.16. The summed E-state index contributed by atoms with van der Waals surface area (Å²) >= 11 is 1.68. The van der Waals surface area contributed by atoms with Crippen LogP contribution in [0.3, 0.4) is 0 Å². The van der Waals surface area contributed by atoms with Crippen LogP contribution in [0.2, 0.25) is 0 Å². The van der Waals surface area contributed by atoms with Gasteiger partial charge < -0.3 is 9.47 Å². The van der Waals surface area contributed by atoms with Crippen molar-refractivity contribution in [2.75, 3.05) is 14.2 Å². The van der Waals surface area contributed by atoms with Gasteiger partial charge in [-0.1, -0.05) is 42.1 Å². The minimum absolute atomic E-state index is 0.0135. The van der Waals surface area contributed by atoms with Crippen LogP contribution < -0.4 is 4.74 Å². The maximum Gasteiger partial charge on any atom is 0.132 e. The first kappa shape index (κ1) is 13.0. The lowest BCUT2D eigenvalue weighted by atomic mass is 10.2. The van der Waals surface area contributed by atoms with Crippen molar-refractivity contribution in [2.24, 2.45) is 0 Å². The van der Waals surface area contributed by atoms with Gasteiger partial charge >= 0.3 is 0 Å². The Morgan fingerprint density at radius 3 is 2.11 bits per heavy atom. The zero-order valence-electron chi connectivity index (χ0n) is 10.5. The van der Waals surface area contributed by atoms with Crippen molar-refractivity contribution in [3.63, 3.8) is 0 Å². The van der Waals surface area contributed by atoms with E-state index in [-0.39, 0.29) is 5.44 Å². The quantitative estimate of drug-likeness (QED) is 0.595. The fourth-order valence-electron chi connectivity index (χ4n) is 1.64. The predicted molar refractivity (Wildman–Crippen MR) is 75.0 cm³/mol.